The first kappa shape index (κ1) is 19.5. The molecule has 1 aliphatic heterocycles. The van der Waals surface area contributed by atoms with E-state index in [-0.39, 0.29) is 11.6 Å². The molecule has 1 heterocycles. The summed E-state index contributed by atoms with van der Waals surface area (Å²) in [5.74, 6) is 1.70. The van der Waals surface area contributed by atoms with Crippen molar-refractivity contribution in [2.45, 2.75) is 32.4 Å². The molecule has 0 radical (unpaired) electrons. The summed E-state index contributed by atoms with van der Waals surface area (Å²) in [5, 5.41) is 6.89. The van der Waals surface area contributed by atoms with E-state index in [9.17, 15) is 0 Å². The first-order valence-electron chi connectivity index (χ1n) is 8.87. The Labute approximate surface area is 151 Å². The molecule has 0 bridgehead atoms. The van der Waals surface area contributed by atoms with Gasteiger partial charge in [0.15, 0.2) is 5.96 Å². The second kappa shape index (κ2) is 9.06. The van der Waals surface area contributed by atoms with Crippen LogP contribution in [0.5, 0.6) is 5.75 Å². The molecule has 1 aliphatic rings. The van der Waals surface area contributed by atoms with Gasteiger partial charge in [0.05, 0.1) is 26.4 Å². The second-order valence-electron chi connectivity index (χ2n) is 7.27. The molecule has 0 aromatic heterocycles. The quantitative estimate of drug-likeness (QED) is 0.630. The normalized spacial score (nSPS) is 17.9. The van der Waals surface area contributed by atoms with E-state index in [0.717, 1.165) is 44.6 Å². The van der Waals surface area contributed by atoms with Crippen LogP contribution in [-0.4, -0.2) is 63.4 Å². The predicted molar refractivity (Wildman–Crippen MR) is 102 cm³/mol. The summed E-state index contributed by atoms with van der Waals surface area (Å²) in [6.07, 6.45) is 0. The highest BCUT2D eigenvalue weighted by molar-refractivity contribution is 5.80. The number of benzene rings is 1. The van der Waals surface area contributed by atoms with Gasteiger partial charge in [0.1, 0.15) is 5.75 Å². The van der Waals surface area contributed by atoms with Crippen molar-refractivity contribution in [1.29, 1.82) is 0 Å². The highest BCUT2D eigenvalue weighted by Crippen LogP contribution is 2.23. The molecular formula is C19H32N4O2. The van der Waals surface area contributed by atoms with E-state index >= 15 is 0 Å². The Hall–Kier alpha value is -1.79. The molecule has 0 saturated carbocycles. The molecule has 0 amide bonds. The molecule has 140 valence electrons. The summed E-state index contributed by atoms with van der Waals surface area (Å²) in [5.41, 5.74) is 1.23. The smallest absolute Gasteiger partial charge is 0.191 e. The number of hydrogen-bond donors (Lipinski definition) is 2. The lowest BCUT2D eigenvalue weighted by atomic mass is 10.0. The van der Waals surface area contributed by atoms with Crippen molar-refractivity contribution in [3.63, 3.8) is 0 Å². The zero-order chi connectivity index (χ0) is 18.3. The predicted octanol–water partition coefficient (Wildman–Crippen LogP) is 2.03. The van der Waals surface area contributed by atoms with Crippen molar-refractivity contribution in [3.05, 3.63) is 29.8 Å². The minimum absolute atomic E-state index is 0.0313. The van der Waals surface area contributed by atoms with Crippen LogP contribution < -0.4 is 15.4 Å². The Morgan fingerprint density at radius 2 is 1.88 bits per heavy atom. The number of morpholine rings is 1. The van der Waals surface area contributed by atoms with Crippen LogP contribution in [-0.2, 0) is 4.74 Å². The molecule has 1 unspecified atom stereocenters. The molecule has 1 atom stereocenters. The molecular weight excluding hydrogens is 316 g/mol. The van der Waals surface area contributed by atoms with Gasteiger partial charge in [-0.15, -0.1) is 0 Å². The third-order valence-corrected chi connectivity index (χ3v) is 4.17. The summed E-state index contributed by atoms with van der Waals surface area (Å²) in [6.45, 7) is 10.6. The van der Waals surface area contributed by atoms with E-state index in [1.807, 2.05) is 12.1 Å². The first-order valence-corrected chi connectivity index (χ1v) is 8.87. The lowest BCUT2D eigenvalue weighted by Crippen LogP contribution is -2.50. The molecule has 1 aromatic carbocycles. The summed E-state index contributed by atoms with van der Waals surface area (Å²) < 4.78 is 10.8. The van der Waals surface area contributed by atoms with Crippen LogP contribution in [0.25, 0.3) is 0 Å². The van der Waals surface area contributed by atoms with E-state index in [0.29, 0.717) is 0 Å². The third-order valence-electron chi connectivity index (χ3n) is 4.17. The third kappa shape index (κ3) is 6.21. The van der Waals surface area contributed by atoms with Crippen LogP contribution in [0.4, 0.5) is 0 Å². The largest absolute Gasteiger partial charge is 0.497 e. The van der Waals surface area contributed by atoms with Crippen molar-refractivity contribution in [1.82, 2.24) is 15.5 Å². The topological polar surface area (TPSA) is 58.1 Å². The second-order valence-corrected chi connectivity index (χ2v) is 7.27. The maximum Gasteiger partial charge on any atom is 0.191 e. The minimum atomic E-state index is -0.0313. The molecule has 0 aliphatic carbocycles. The van der Waals surface area contributed by atoms with E-state index in [1.54, 1.807) is 14.2 Å². The van der Waals surface area contributed by atoms with Gasteiger partial charge in [0.2, 0.25) is 0 Å². The average Bonchev–Trinajstić information content (AvgIpc) is 2.61. The number of ether oxygens (including phenoxy) is 2. The van der Waals surface area contributed by atoms with Gasteiger partial charge in [0.25, 0.3) is 0 Å². The molecule has 2 N–H and O–H groups in total. The standard InChI is InChI=1S/C19H32N4O2/c1-19(2,3)22-18(20-4)21-14-17(23-10-12-25-13-11-23)15-6-8-16(24-5)9-7-15/h6-9,17H,10-14H2,1-5H3,(H2,20,21,22). The van der Waals surface area contributed by atoms with Gasteiger partial charge in [-0.3, -0.25) is 9.89 Å². The van der Waals surface area contributed by atoms with E-state index < -0.39 is 0 Å². The Morgan fingerprint density at radius 3 is 2.40 bits per heavy atom. The van der Waals surface area contributed by atoms with Gasteiger partial charge in [-0.25, -0.2) is 0 Å². The van der Waals surface area contributed by atoms with Crippen molar-refractivity contribution in [2.75, 3.05) is 47.0 Å². The van der Waals surface area contributed by atoms with Crippen LogP contribution in [0.3, 0.4) is 0 Å². The number of nitrogens with one attached hydrogen (secondary N) is 2. The Kier molecular flexibility index (Phi) is 7.08. The Balaban J connectivity index is 2.10. The molecule has 0 spiro atoms. The summed E-state index contributed by atoms with van der Waals surface area (Å²) in [4.78, 5) is 6.80. The highest BCUT2D eigenvalue weighted by atomic mass is 16.5. The van der Waals surface area contributed by atoms with Gasteiger partial charge >= 0.3 is 0 Å². The number of methoxy groups -OCH3 is 1. The maximum atomic E-state index is 5.52. The van der Waals surface area contributed by atoms with Gasteiger partial charge in [0, 0.05) is 32.2 Å². The first-order chi connectivity index (χ1) is 11.9. The SMILES string of the molecule is CN=C(NCC(c1ccc(OC)cc1)N1CCOCC1)NC(C)(C)C. The summed E-state index contributed by atoms with van der Waals surface area (Å²) in [7, 11) is 3.50. The Bertz CT molecular complexity index is 546. The van der Waals surface area contributed by atoms with E-state index in [4.69, 9.17) is 9.47 Å². The zero-order valence-corrected chi connectivity index (χ0v) is 16.1. The van der Waals surface area contributed by atoms with Gasteiger partial charge in [-0.05, 0) is 38.5 Å². The molecule has 25 heavy (non-hydrogen) atoms. The van der Waals surface area contributed by atoms with Crippen LogP contribution in [0.15, 0.2) is 29.3 Å². The minimum Gasteiger partial charge on any atom is -0.497 e. The van der Waals surface area contributed by atoms with Crippen molar-refractivity contribution in [3.8, 4) is 5.75 Å². The fourth-order valence-electron chi connectivity index (χ4n) is 2.90. The van der Waals surface area contributed by atoms with Crippen LogP contribution in [0.1, 0.15) is 32.4 Å². The van der Waals surface area contributed by atoms with Crippen LogP contribution in [0.2, 0.25) is 0 Å². The zero-order valence-electron chi connectivity index (χ0n) is 16.1. The highest BCUT2D eigenvalue weighted by Gasteiger charge is 2.23. The van der Waals surface area contributed by atoms with E-state index in [2.05, 4.69) is 53.4 Å². The van der Waals surface area contributed by atoms with Crippen LogP contribution >= 0.6 is 0 Å². The maximum absolute atomic E-state index is 5.52. The fraction of sp³-hybridized carbons (Fsp3) is 0.632. The number of nitrogens with zero attached hydrogens (tertiary/aromatic N) is 2. The molecule has 1 saturated heterocycles. The lowest BCUT2D eigenvalue weighted by Gasteiger charge is -2.35. The van der Waals surface area contributed by atoms with Crippen molar-refractivity contribution in [2.24, 2.45) is 4.99 Å². The van der Waals surface area contributed by atoms with Crippen molar-refractivity contribution >= 4 is 5.96 Å². The molecule has 1 fully saturated rings. The average molecular weight is 348 g/mol. The van der Waals surface area contributed by atoms with Gasteiger partial charge in [-0.2, -0.15) is 0 Å². The molecule has 6 heteroatoms. The summed E-state index contributed by atoms with van der Waals surface area (Å²) in [6, 6.07) is 8.57. The fourth-order valence-corrected chi connectivity index (χ4v) is 2.90. The number of rotatable bonds is 5. The lowest BCUT2D eigenvalue weighted by molar-refractivity contribution is 0.0169. The number of guanidine groups is 1. The number of hydrogen-bond acceptors (Lipinski definition) is 4. The Morgan fingerprint density at radius 1 is 1.24 bits per heavy atom. The summed E-state index contributed by atoms with van der Waals surface area (Å²) >= 11 is 0. The monoisotopic (exact) mass is 348 g/mol. The van der Waals surface area contributed by atoms with E-state index in [1.165, 1.54) is 5.56 Å². The molecule has 1 aromatic rings. The molecule has 6 nitrogen and oxygen atoms in total. The van der Waals surface area contributed by atoms with Crippen LogP contribution in [0, 0.1) is 0 Å². The molecule has 2 rings (SSSR count). The van der Waals surface area contributed by atoms with Gasteiger partial charge < -0.3 is 20.1 Å². The number of aliphatic imine (C=N–C) groups is 1. The van der Waals surface area contributed by atoms with Gasteiger partial charge in [-0.1, -0.05) is 12.1 Å². The van der Waals surface area contributed by atoms with Crippen molar-refractivity contribution < 1.29 is 9.47 Å².